The van der Waals surface area contributed by atoms with Gasteiger partial charge in [0, 0.05) is 6.04 Å². The van der Waals surface area contributed by atoms with Gasteiger partial charge in [-0.3, -0.25) is 0 Å². The van der Waals surface area contributed by atoms with Gasteiger partial charge in [0.15, 0.2) is 0 Å². The molecule has 1 rings (SSSR count). The maximum Gasteiger partial charge on any atom is 0.0829 e. The van der Waals surface area contributed by atoms with E-state index in [9.17, 15) is 0 Å². The third-order valence-electron chi connectivity index (χ3n) is 2.41. The molecule has 0 radical (unpaired) electrons. The third kappa shape index (κ3) is 3.11. The van der Waals surface area contributed by atoms with Crippen LogP contribution in [0.1, 0.15) is 49.2 Å². The van der Waals surface area contributed by atoms with Crippen LogP contribution in [-0.4, -0.2) is 16.6 Å². The van der Waals surface area contributed by atoms with Crippen LogP contribution in [0.15, 0.2) is 12.7 Å². The number of aromatic nitrogens is 2. The van der Waals surface area contributed by atoms with Crippen molar-refractivity contribution < 1.29 is 0 Å². The van der Waals surface area contributed by atoms with Crippen molar-refractivity contribution in [2.45, 2.75) is 38.6 Å². The lowest BCUT2D eigenvalue weighted by atomic mass is 10.0. The van der Waals surface area contributed by atoms with Gasteiger partial charge in [-0.05, 0) is 37.3 Å². The van der Waals surface area contributed by atoms with Gasteiger partial charge >= 0.3 is 0 Å². The molecule has 1 heterocycles. The predicted molar refractivity (Wildman–Crippen MR) is 65.2 cm³/mol. The summed E-state index contributed by atoms with van der Waals surface area (Å²) < 4.78 is 4.05. The molecular weight excluding hydrogens is 206 g/mol. The van der Waals surface area contributed by atoms with Gasteiger partial charge in [-0.1, -0.05) is 24.4 Å². The Balaban J connectivity index is 2.81. The van der Waals surface area contributed by atoms with Crippen LogP contribution in [0.5, 0.6) is 0 Å². The van der Waals surface area contributed by atoms with E-state index in [1.165, 1.54) is 16.4 Å². The van der Waals surface area contributed by atoms with Crippen molar-refractivity contribution in [2.75, 3.05) is 7.05 Å². The van der Waals surface area contributed by atoms with Crippen molar-refractivity contribution in [3.8, 4) is 0 Å². The lowest BCUT2D eigenvalue weighted by Crippen LogP contribution is -2.16. The average molecular weight is 225 g/mol. The zero-order valence-electron chi connectivity index (χ0n) is 9.66. The number of hydrogen-bond acceptors (Lipinski definition) is 4. The molecule has 4 heteroatoms. The fourth-order valence-electron chi connectivity index (χ4n) is 1.54. The molecule has 0 aliphatic carbocycles. The van der Waals surface area contributed by atoms with E-state index in [1.807, 2.05) is 13.1 Å². The molecule has 0 bridgehead atoms. The molecule has 1 atom stereocenters. The summed E-state index contributed by atoms with van der Waals surface area (Å²) >= 11 is 1.50. The molecule has 1 N–H and O–H groups in total. The summed E-state index contributed by atoms with van der Waals surface area (Å²) in [5.74, 6) is 0.443. The van der Waals surface area contributed by atoms with Crippen LogP contribution < -0.4 is 5.32 Å². The standard InChI is InChI=1S/C11H19N3S/c1-5-6-7-9(12-4)11-10(8(2)3)13-14-15-11/h5,8-9,12H,1,6-7H2,2-4H3. The summed E-state index contributed by atoms with van der Waals surface area (Å²) in [6.07, 6.45) is 4.03. The van der Waals surface area contributed by atoms with Crippen molar-refractivity contribution in [1.29, 1.82) is 0 Å². The molecule has 84 valence electrons. The Morgan fingerprint density at radius 1 is 1.53 bits per heavy atom. The van der Waals surface area contributed by atoms with Crippen molar-refractivity contribution >= 4 is 11.5 Å². The third-order valence-corrected chi connectivity index (χ3v) is 3.27. The minimum Gasteiger partial charge on any atom is -0.312 e. The molecule has 0 aliphatic heterocycles. The molecule has 0 aromatic carbocycles. The summed E-state index contributed by atoms with van der Waals surface area (Å²) in [6.45, 7) is 8.06. The Bertz CT molecular complexity index is 307. The lowest BCUT2D eigenvalue weighted by Gasteiger charge is -2.15. The molecule has 1 aromatic rings. The van der Waals surface area contributed by atoms with Crippen LogP contribution >= 0.6 is 11.5 Å². The molecule has 1 unspecified atom stereocenters. The van der Waals surface area contributed by atoms with Gasteiger partial charge < -0.3 is 5.32 Å². The molecule has 1 aromatic heterocycles. The topological polar surface area (TPSA) is 37.8 Å². The highest BCUT2D eigenvalue weighted by Crippen LogP contribution is 2.28. The van der Waals surface area contributed by atoms with Crippen LogP contribution in [-0.2, 0) is 0 Å². The van der Waals surface area contributed by atoms with E-state index >= 15 is 0 Å². The number of nitrogens with zero attached hydrogens (tertiary/aromatic N) is 2. The first kappa shape index (κ1) is 12.3. The predicted octanol–water partition coefficient (Wildman–Crippen LogP) is 2.89. The van der Waals surface area contributed by atoms with Gasteiger partial charge in [0.1, 0.15) is 0 Å². The first-order chi connectivity index (χ1) is 7.20. The van der Waals surface area contributed by atoms with Gasteiger partial charge in [-0.25, -0.2) is 0 Å². The molecule has 0 aliphatic rings. The van der Waals surface area contributed by atoms with Crippen LogP contribution in [0.2, 0.25) is 0 Å². The Morgan fingerprint density at radius 2 is 2.27 bits per heavy atom. The van der Waals surface area contributed by atoms with Crippen LogP contribution in [0, 0.1) is 0 Å². The first-order valence-electron chi connectivity index (χ1n) is 5.31. The Hall–Kier alpha value is -0.740. The van der Waals surface area contributed by atoms with E-state index in [0.29, 0.717) is 12.0 Å². The molecule has 0 saturated carbocycles. The molecule has 0 saturated heterocycles. The van der Waals surface area contributed by atoms with Crippen molar-refractivity contribution in [1.82, 2.24) is 14.9 Å². The monoisotopic (exact) mass is 225 g/mol. The molecule has 3 nitrogen and oxygen atoms in total. The SMILES string of the molecule is C=CCCC(NC)c1snnc1C(C)C. The normalized spacial score (nSPS) is 13.1. The quantitative estimate of drug-likeness (QED) is 0.756. The van der Waals surface area contributed by atoms with Crippen LogP contribution in [0.25, 0.3) is 0 Å². The van der Waals surface area contributed by atoms with E-state index in [0.717, 1.165) is 18.5 Å². The van der Waals surface area contributed by atoms with Gasteiger partial charge in [0.05, 0.1) is 10.6 Å². The minimum atomic E-state index is 0.361. The Morgan fingerprint density at radius 3 is 2.80 bits per heavy atom. The summed E-state index contributed by atoms with van der Waals surface area (Å²) in [7, 11) is 1.98. The summed E-state index contributed by atoms with van der Waals surface area (Å²) in [5.41, 5.74) is 1.13. The van der Waals surface area contributed by atoms with Crippen LogP contribution in [0.3, 0.4) is 0 Å². The second-order valence-corrected chi connectivity index (χ2v) is 4.67. The van der Waals surface area contributed by atoms with Gasteiger partial charge in [0.2, 0.25) is 0 Å². The number of hydrogen-bond donors (Lipinski definition) is 1. The van der Waals surface area contributed by atoms with E-state index in [2.05, 4.69) is 35.3 Å². The van der Waals surface area contributed by atoms with Gasteiger partial charge in [-0.15, -0.1) is 11.7 Å². The van der Waals surface area contributed by atoms with E-state index < -0.39 is 0 Å². The van der Waals surface area contributed by atoms with Crippen molar-refractivity contribution in [2.24, 2.45) is 0 Å². The molecular formula is C11H19N3S. The largest absolute Gasteiger partial charge is 0.312 e. The Kier molecular flexibility index (Phi) is 4.91. The second kappa shape index (κ2) is 5.98. The smallest absolute Gasteiger partial charge is 0.0829 e. The zero-order chi connectivity index (χ0) is 11.3. The Labute approximate surface area is 95.8 Å². The lowest BCUT2D eigenvalue weighted by molar-refractivity contribution is 0.554. The van der Waals surface area contributed by atoms with Gasteiger partial charge in [0.25, 0.3) is 0 Å². The van der Waals surface area contributed by atoms with E-state index in [4.69, 9.17) is 0 Å². The molecule has 0 spiro atoms. The maximum atomic E-state index is 4.20. The highest BCUT2D eigenvalue weighted by molar-refractivity contribution is 7.05. The van der Waals surface area contributed by atoms with E-state index in [1.54, 1.807) is 0 Å². The van der Waals surface area contributed by atoms with Gasteiger partial charge in [-0.2, -0.15) is 0 Å². The summed E-state index contributed by atoms with van der Waals surface area (Å²) in [5, 5.41) is 7.51. The second-order valence-electron chi connectivity index (χ2n) is 3.88. The first-order valence-corrected chi connectivity index (χ1v) is 6.08. The minimum absolute atomic E-state index is 0.361. The number of allylic oxidation sites excluding steroid dienone is 1. The maximum absolute atomic E-state index is 4.20. The fraction of sp³-hybridized carbons (Fsp3) is 0.636. The van der Waals surface area contributed by atoms with E-state index in [-0.39, 0.29) is 0 Å². The summed E-state index contributed by atoms with van der Waals surface area (Å²) in [4.78, 5) is 1.27. The number of nitrogens with one attached hydrogen (secondary N) is 1. The summed E-state index contributed by atoms with van der Waals surface area (Å²) in [6, 6.07) is 0.361. The molecule has 0 fully saturated rings. The highest BCUT2D eigenvalue weighted by atomic mass is 32.1. The van der Waals surface area contributed by atoms with Crippen molar-refractivity contribution in [3.05, 3.63) is 23.2 Å². The average Bonchev–Trinajstić information content (AvgIpc) is 2.68. The molecule has 15 heavy (non-hydrogen) atoms. The van der Waals surface area contributed by atoms with Crippen LogP contribution in [0.4, 0.5) is 0 Å². The van der Waals surface area contributed by atoms with Crippen molar-refractivity contribution in [3.63, 3.8) is 0 Å². The molecule has 0 amide bonds. The number of rotatable bonds is 6. The zero-order valence-corrected chi connectivity index (χ0v) is 10.5. The highest BCUT2D eigenvalue weighted by Gasteiger charge is 2.18. The fourth-order valence-corrected chi connectivity index (χ4v) is 2.49.